The quantitative estimate of drug-likeness (QED) is 0.0785. The van der Waals surface area contributed by atoms with Gasteiger partial charge < -0.3 is 24.4 Å². The number of nitrogens with one attached hydrogen (secondary N) is 2. The summed E-state index contributed by atoms with van der Waals surface area (Å²) in [6.07, 6.45) is 7.96. The molecule has 5 fully saturated rings. The summed E-state index contributed by atoms with van der Waals surface area (Å²) < 4.78 is 86.2. The van der Waals surface area contributed by atoms with Crippen LogP contribution in [0.1, 0.15) is 134 Å². The molecular weight excluding hydrogens is 1030 g/mol. The Morgan fingerprint density at radius 2 is 1.05 bits per heavy atom. The molecule has 0 radical (unpaired) electrons. The molecule has 4 aromatic rings. The van der Waals surface area contributed by atoms with E-state index in [-0.39, 0.29) is 40.4 Å². The van der Waals surface area contributed by atoms with Crippen LogP contribution in [0.5, 0.6) is 11.5 Å². The van der Waals surface area contributed by atoms with E-state index in [4.69, 9.17) is 37.8 Å². The van der Waals surface area contributed by atoms with E-state index in [0.717, 1.165) is 79.6 Å². The summed E-state index contributed by atoms with van der Waals surface area (Å²) in [4.78, 5) is 53.1. The average molecular weight is 1090 g/mol. The van der Waals surface area contributed by atoms with E-state index in [0.29, 0.717) is 97.8 Å². The monoisotopic (exact) mass is 1090 g/mol. The largest absolute Gasteiger partial charge is 0.493 e. The molecule has 0 unspecified atom stereocenters. The Kier molecular flexibility index (Phi) is 19.7. The summed E-state index contributed by atoms with van der Waals surface area (Å²) in [5, 5.41) is 9.08. The Bertz CT molecular complexity index is 2580. The zero-order valence-electron chi connectivity index (χ0n) is 40.5. The molecule has 73 heavy (non-hydrogen) atoms. The normalized spacial score (nSPS) is 17.1. The van der Waals surface area contributed by atoms with Crippen molar-refractivity contribution in [2.75, 3.05) is 58.5 Å². The molecule has 0 bridgehead atoms. The van der Waals surface area contributed by atoms with Crippen LogP contribution in [0.3, 0.4) is 0 Å². The van der Waals surface area contributed by atoms with Crippen molar-refractivity contribution in [1.29, 1.82) is 0 Å². The molecule has 4 aromatic carbocycles. The fraction of sp³-hybridized carbons (Fsp3) is 0.472. The van der Waals surface area contributed by atoms with Crippen LogP contribution in [0.25, 0.3) is 0 Å². The maximum Gasteiger partial charge on any atom is 0.417 e. The fourth-order valence-corrected chi connectivity index (χ4v) is 9.85. The number of nitrogens with zero attached hydrogens (tertiary/aromatic N) is 2. The lowest BCUT2D eigenvalue weighted by atomic mass is 9.96. The van der Waals surface area contributed by atoms with Crippen molar-refractivity contribution in [2.45, 2.75) is 82.2 Å². The van der Waals surface area contributed by atoms with Crippen molar-refractivity contribution in [2.24, 2.45) is 17.8 Å². The summed E-state index contributed by atoms with van der Waals surface area (Å²) in [7, 11) is 0. The number of hydrogen-bond donors (Lipinski definition) is 3. The Morgan fingerprint density at radius 3 is 1.44 bits per heavy atom. The van der Waals surface area contributed by atoms with E-state index >= 15 is 0 Å². The van der Waals surface area contributed by atoms with Crippen LogP contribution in [-0.4, -0.2) is 97.0 Å². The molecule has 4 amide bonds. The number of alkyl halides is 3. The SMILES string of the molecule is CSNC(=O)c1cc(C2CC2)c(OCC2CCN(C(=O)c3cc(Cl)cc(Cl)c3)CC2)cc1F.CSNC(=O)c1cc(C2CC2)c(OCC2CCN(C(=O)c3ccccc3C(F)(F)F)CC2)cc1F.OCC1CC1. The third-order valence-electron chi connectivity index (χ3n) is 13.4. The molecule has 9 rings (SSSR count). The number of aliphatic hydroxyl groups excluding tert-OH is 1. The van der Waals surface area contributed by atoms with Crippen molar-refractivity contribution >= 4 is 70.7 Å². The molecule has 0 aromatic heterocycles. The van der Waals surface area contributed by atoms with Gasteiger partial charge in [0.1, 0.15) is 23.1 Å². The highest BCUT2D eigenvalue weighted by Crippen LogP contribution is 2.47. The molecule has 2 aliphatic heterocycles. The van der Waals surface area contributed by atoms with Crippen LogP contribution >= 0.6 is 47.1 Å². The van der Waals surface area contributed by atoms with E-state index in [1.54, 1.807) is 47.7 Å². The minimum Gasteiger partial charge on any atom is -0.493 e. The molecule has 2 saturated heterocycles. The van der Waals surface area contributed by atoms with E-state index < -0.39 is 41.1 Å². The molecular formula is C53H59Cl2F5N4O7S2. The molecule has 3 N–H and O–H groups in total. The van der Waals surface area contributed by atoms with Gasteiger partial charge in [-0.25, -0.2) is 8.78 Å². The zero-order valence-corrected chi connectivity index (χ0v) is 43.7. The van der Waals surface area contributed by atoms with Gasteiger partial charge in [0.15, 0.2) is 0 Å². The highest BCUT2D eigenvalue weighted by molar-refractivity contribution is 7.97. The number of hydrogen-bond acceptors (Lipinski definition) is 9. The van der Waals surface area contributed by atoms with E-state index in [1.165, 1.54) is 48.1 Å². The molecule has 5 aliphatic rings. The molecule has 2 heterocycles. The van der Waals surface area contributed by atoms with Crippen LogP contribution in [0.15, 0.2) is 66.7 Å². The summed E-state index contributed by atoms with van der Waals surface area (Å²) in [5.74, 6) is -0.380. The van der Waals surface area contributed by atoms with E-state index in [1.807, 2.05) is 0 Å². The van der Waals surface area contributed by atoms with Crippen molar-refractivity contribution in [1.82, 2.24) is 19.2 Å². The van der Waals surface area contributed by atoms with Gasteiger partial charge in [0.2, 0.25) is 0 Å². The van der Waals surface area contributed by atoms with Crippen LogP contribution in [-0.2, 0) is 6.18 Å². The lowest BCUT2D eigenvalue weighted by Gasteiger charge is -2.32. The van der Waals surface area contributed by atoms with Crippen LogP contribution < -0.4 is 18.9 Å². The molecule has 394 valence electrons. The molecule has 0 spiro atoms. The number of ether oxygens (including phenoxy) is 2. The maximum atomic E-state index is 14.6. The predicted octanol–water partition coefficient (Wildman–Crippen LogP) is 12.0. The van der Waals surface area contributed by atoms with Crippen molar-refractivity contribution in [3.63, 3.8) is 0 Å². The van der Waals surface area contributed by atoms with Crippen molar-refractivity contribution < 1.29 is 55.7 Å². The molecule has 11 nitrogen and oxygen atoms in total. The topological polar surface area (TPSA) is 138 Å². The van der Waals surface area contributed by atoms with Gasteiger partial charge in [0.05, 0.1) is 35.5 Å². The van der Waals surface area contributed by atoms with Gasteiger partial charge in [0.25, 0.3) is 23.6 Å². The molecule has 20 heteroatoms. The maximum absolute atomic E-state index is 14.6. The van der Waals surface area contributed by atoms with Crippen LogP contribution in [0.4, 0.5) is 22.0 Å². The average Bonchev–Trinajstić information content (AvgIpc) is 4.20. The number of rotatable bonds is 15. The Balaban J connectivity index is 0.000000195. The smallest absolute Gasteiger partial charge is 0.417 e. The Hall–Kier alpha value is -4.75. The first-order valence-electron chi connectivity index (χ1n) is 24.4. The second-order valence-electron chi connectivity index (χ2n) is 19.0. The summed E-state index contributed by atoms with van der Waals surface area (Å²) in [6.45, 7) is 3.01. The fourth-order valence-electron chi connectivity index (χ4n) is 8.73. The van der Waals surface area contributed by atoms with E-state index in [2.05, 4.69) is 9.44 Å². The van der Waals surface area contributed by atoms with Crippen molar-refractivity contribution in [3.05, 3.63) is 127 Å². The van der Waals surface area contributed by atoms with Gasteiger partial charge in [0, 0.05) is 73.0 Å². The number of piperidine rings is 2. The number of benzene rings is 4. The van der Waals surface area contributed by atoms with Gasteiger partial charge in [-0.2, -0.15) is 13.2 Å². The first kappa shape index (κ1) is 56.0. The number of carbonyl (C=O) groups excluding carboxylic acids is 4. The first-order valence-corrected chi connectivity index (χ1v) is 27.6. The number of halogens is 7. The first-order chi connectivity index (χ1) is 35.0. The van der Waals surface area contributed by atoms with Crippen molar-refractivity contribution in [3.8, 4) is 11.5 Å². The van der Waals surface area contributed by atoms with Gasteiger partial charge in [-0.15, -0.1) is 0 Å². The zero-order chi connectivity index (χ0) is 52.4. The lowest BCUT2D eigenvalue weighted by Crippen LogP contribution is -2.40. The highest BCUT2D eigenvalue weighted by Gasteiger charge is 2.37. The summed E-state index contributed by atoms with van der Waals surface area (Å²) in [6, 6.07) is 15.5. The van der Waals surface area contributed by atoms with Gasteiger partial charge in [-0.1, -0.05) is 59.2 Å². The number of likely N-dealkylation sites (tertiary alicyclic amines) is 2. The Morgan fingerprint density at radius 1 is 0.616 bits per heavy atom. The van der Waals surface area contributed by atoms with Gasteiger partial charge in [-0.3, -0.25) is 28.6 Å². The second-order valence-corrected chi connectivity index (χ2v) is 21.1. The predicted molar refractivity (Wildman–Crippen MR) is 275 cm³/mol. The van der Waals surface area contributed by atoms with Crippen LogP contribution in [0.2, 0.25) is 10.0 Å². The molecule has 3 saturated carbocycles. The summed E-state index contributed by atoms with van der Waals surface area (Å²) >= 11 is 14.3. The molecule has 3 aliphatic carbocycles. The number of amides is 4. The molecule has 0 atom stereocenters. The second kappa shape index (κ2) is 25.7. The number of carbonyl (C=O) groups is 4. The minimum atomic E-state index is -4.60. The van der Waals surface area contributed by atoms with Gasteiger partial charge >= 0.3 is 6.18 Å². The third-order valence-corrected chi connectivity index (χ3v) is 14.6. The third kappa shape index (κ3) is 15.7. The Labute approximate surface area is 440 Å². The highest BCUT2D eigenvalue weighted by atomic mass is 35.5. The van der Waals surface area contributed by atoms with Crippen LogP contribution in [0, 0.1) is 29.4 Å². The standard InChI is InChI=1S/C25H26F4N2O3S.C24H25Cl2FN2O3S.C4H8O/c1-35-30-23(32)19-12-18(16-6-7-16)22(13-21(19)26)34-14-15-8-10-31(11-9-15)24(33)17-4-2-3-5-20(17)25(27,28)29;1-33-28-23(30)20-11-19(15-2-3-15)22(12-21(20)27)32-13-14-4-6-29(7-5-14)24(31)16-8-17(25)10-18(26)9-16;5-3-4-1-2-4/h2-5,12-13,15-16H,6-11,14H2,1H3,(H,30,32);8-12,14-15H,2-7,13H2,1H3,(H,28,30);4-5H,1-3H2. The summed E-state index contributed by atoms with van der Waals surface area (Å²) in [5.41, 5.74) is 0.954. The van der Waals surface area contributed by atoms with E-state index in [9.17, 15) is 41.1 Å². The van der Waals surface area contributed by atoms with Gasteiger partial charge in [-0.05, 0) is 147 Å². The number of aliphatic hydroxyl groups is 1. The lowest BCUT2D eigenvalue weighted by molar-refractivity contribution is -0.138. The minimum absolute atomic E-state index is 0.0143.